The lowest BCUT2D eigenvalue weighted by Crippen LogP contribution is -2.42. The molecular formula is C17H22N6O. The molecule has 24 heavy (non-hydrogen) atoms. The highest BCUT2D eigenvalue weighted by atomic mass is 16.1. The summed E-state index contributed by atoms with van der Waals surface area (Å²) in [5, 5.41) is 0. The monoisotopic (exact) mass is 326 g/mol. The molecule has 0 aliphatic carbocycles. The predicted molar refractivity (Wildman–Crippen MR) is 90.7 cm³/mol. The molecule has 1 aliphatic heterocycles. The van der Waals surface area contributed by atoms with Crippen LogP contribution in [0.25, 0.3) is 0 Å². The summed E-state index contributed by atoms with van der Waals surface area (Å²) in [6.45, 7) is 8.65. The summed E-state index contributed by atoms with van der Waals surface area (Å²) in [6.07, 6.45) is 1.85. The summed E-state index contributed by atoms with van der Waals surface area (Å²) >= 11 is 0. The van der Waals surface area contributed by atoms with Gasteiger partial charge in [-0.1, -0.05) is 0 Å². The van der Waals surface area contributed by atoms with Crippen LogP contribution in [0.4, 0.5) is 5.95 Å². The van der Waals surface area contributed by atoms with E-state index in [4.69, 9.17) is 5.73 Å². The van der Waals surface area contributed by atoms with Crippen LogP contribution in [0, 0.1) is 20.8 Å². The van der Waals surface area contributed by atoms with Gasteiger partial charge in [0, 0.05) is 23.6 Å². The largest absolute Gasteiger partial charge is 0.364 e. The average Bonchev–Trinajstić information content (AvgIpc) is 2.89. The molecule has 1 amide bonds. The molecular weight excluding hydrogens is 304 g/mol. The van der Waals surface area contributed by atoms with E-state index in [0.717, 1.165) is 36.5 Å². The molecule has 7 nitrogen and oxygen atoms in total. The Hall–Kier alpha value is -2.57. The van der Waals surface area contributed by atoms with Crippen molar-refractivity contribution in [3.05, 3.63) is 40.7 Å². The van der Waals surface area contributed by atoms with Gasteiger partial charge < -0.3 is 10.6 Å². The molecule has 2 N–H and O–H groups in total. The van der Waals surface area contributed by atoms with Gasteiger partial charge >= 0.3 is 0 Å². The molecule has 1 fully saturated rings. The minimum absolute atomic E-state index is 0.243. The average molecular weight is 326 g/mol. The normalized spacial score (nSPS) is 20.4. The van der Waals surface area contributed by atoms with Gasteiger partial charge in [-0.25, -0.2) is 19.9 Å². The van der Waals surface area contributed by atoms with Gasteiger partial charge in [-0.3, -0.25) is 4.79 Å². The fourth-order valence-corrected chi connectivity index (χ4v) is 3.28. The maximum atomic E-state index is 11.6. The Morgan fingerprint density at radius 3 is 2.33 bits per heavy atom. The second-order valence-electron chi connectivity index (χ2n) is 6.56. The van der Waals surface area contributed by atoms with Crippen LogP contribution in [-0.4, -0.2) is 32.4 Å². The molecule has 1 saturated heterocycles. The van der Waals surface area contributed by atoms with E-state index in [0.29, 0.717) is 11.8 Å². The van der Waals surface area contributed by atoms with Crippen LogP contribution in [0.2, 0.25) is 0 Å². The minimum atomic E-state index is -0.544. The Morgan fingerprint density at radius 2 is 1.71 bits per heavy atom. The van der Waals surface area contributed by atoms with Gasteiger partial charge in [-0.15, -0.1) is 0 Å². The number of rotatable bonds is 3. The van der Waals surface area contributed by atoms with Crippen molar-refractivity contribution in [2.24, 2.45) is 5.73 Å². The summed E-state index contributed by atoms with van der Waals surface area (Å²) < 4.78 is 0. The summed E-state index contributed by atoms with van der Waals surface area (Å²) in [6, 6.07) is 3.56. The third-order valence-electron chi connectivity index (χ3n) is 4.44. The molecule has 1 atom stereocenters. The zero-order valence-corrected chi connectivity index (χ0v) is 14.5. The van der Waals surface area contributed by atoms with Crippen LogP contribution in [0.3, 0.4) is 0 Å². The molecule has 3 heterocycles. The van der Waals surface area contributed by atoms with Gasteiger partial charge in [0.2, 0.25) is 5.95 Å². The Kier molecular flexibility index (Phi) is 3.95. The number of amides is 1. The Balaban J connectivity index is 2.09. The molecule has 0 radical (unpaired) electrons. The summed E-state index contributed by atoms with van der Waals surface area (Å²) in [4.78, 5) is 31.9. The van der Waals surface area contributed by atoms with Crippen molar-refractivity contribution in [3.63, 3.8) is 0 Å². The van der Waals surface area contributed by atoms with Crippen LogP contribution in [-0.2, 0) is 5.54 Å². The number of hydrogen-bond acceptors (Lipinski definition) is 6. The number of carbonyl (C=O) groups excluding carboxylic acids is 1. The maximum absolute atomic E-state index is 11.6. The van der Waals surface area contributed by atoms with Crippen molar-refractivity contribution >= 4 is 11.9 Å². The first-order valence-electron chi connectivity index (χ1n) is 8.05. The van der Waals surface area contributed by atoms with Crippen molar-refractivity contribution in [3.8, 4) is 0 Å². The van der Waals surface area contributed by atoms with Crippen LogP contribution >= 0.6 is 0 Å². The van der Waals surface area contributed by atoms with Crippen molar-refractivity contribution in [1.82, 2.24) is 19.9 Å². The molecule has 1 aliphatic rings. The van der Waals surface area contributed by atoms with Gasteiger partial charge in [0.15, 0.2) is 5.82 Å². The third kappa shape index (κ3) is 2.81. The highest BCUT2D eigenvalue weighted by Crippen LogP contribution is 2.39. The van der Waals surface area contributed by atoms with Crippen molar-refractivity contribution in [2.45, 2.75) is 46.1 Å². The van der Waals surface area contributed by atoms with Crippen molar-refractivity contribution in [2.75, 3.05) is 11.4 Å². The number of nitrogens with two attached hydrogens (primary N) is 1. The Bertz CT molecular complexity index is 785. The first kappa shape index (κ1) is 16.3. The van der Waals surface area contributed by atoms with Crippen LogP contribution in [0.1, 0.15) is 53.2 Å². The lowest BCUT2D eigenvalue weighted by molar-refractivity contribution is 0.0994. The molecule has 0 saturated carbocycles. The predicted octanol–water partition coefficient (Wildman–Crippen LogP) is 1.81. The fraction of sp³-hybridized carbons (Fsp3) is 0.471. The number of carbonyl (C=O) groups is 1. The second kappa shape index (κ2) is 5.81. The maximum Gasteiger partial charge on any atom is 0.267 e. The van der Waals surface area contributed by atoms with Gasteiger partial charge in [-0.2, -0.15) is 0 Å². The number of nitrogens with zero attached hydrogens (tertiary/aromatic N) is 5. The lowest BCUT2D eigenvalue weighted by Gasteiger charge is -2.34. The second-order valence-corrected chi connectivity index (χ2v) is 6.56. The molecule has 0 spiro atoms. The smallest absolute Gasteiger partial charge is 0.267 e. The molecule has 0 bridgehead atoms. The van der Waals surface area contributed by atoms with E-state index in [1.165, 1.54) is 0 Å². The van der Waals surface area contributed by atoms with E-state index in [9.17, 15) is 4.79 Å². The summed E-state index contributed by atoms with van der Waals surface area (Å²) in [5.41, 5.74) is 7.77. The molecule has 7 heteroatoms. The molecule has 126 valence electrons. The highest BCUT2D eigenvalue weighted by Gasteiger charge is 2.42. The van der Waals surface area contributed by atoms with E-state index < -0.39 is 11.4 Å². The molecule has 3 rings (SSSR count). The van der Waals surface area contributed by atoms with E-state index in [-0.39, 0.29) is 5.69 Å². The SMILES string of the molecule is Cc1cc(C)nc(N2CCC[C@]2(C)c2nc(C)cc(C(N)=O)n2)n1. The van der Waals surface area contributed by atoms with E-state index >= 15 is 0 Å². The van der Waals surface area contributed by atoms with Gasteiger partial charge in [0.25, 0.3) is 5.91 Å². The van der Waals surface area contributed by atoms with Gasteiger partial charge in [0.05, 0.1) is 0 Å². The van der Waals surface area contributed by atoms with Crippen molar-refractivity contribution < 1.29 is 4.79 Å². The Labute approximate surface area is 141 Å². The van der Waals surface area contributed by atoms with E-state index in [2.05, 4.69) is 31.8 Å². The number of aryl methyl sites for hydroxylation is 3. The zero-order chi connectivity index (χ0) is 17.5. The van der Waals surface area contributed by atoms with Crippen LogP contribution in [0.15, 0.2) is 12.1 Å². The standard InChI is InChI=1S/C17H22N6O/c1-10-8-11(2)21-16(20-10)23-7-5-6-17(23,4)15-19-12(3)9-13(22-15)14(18)24/h8-9H,5-7H2,1-4H3,(H2,18,24)/t17-/m1/s1. The minimum Gasteiger partial charge on any atom is -0.364 e. The summed E-state index contributed by atoms with van der Waals surface area (Å²) in [7, 11) is 0. The molecule has 2 aromatic rings. The summed E-state index contributed by atoms with van der Waals surface area (Å²) in [5.74, 6) is 0.729. The number of primary amides is 1. The van der Waals surface area contributed by atoms with Crippen LogP contribution in [0.5, 0.6) is 0 Å². The van der Waals surface area contributed by atoms with Gasteiger partial charge in [0.1, 0.15) is 11.2 Å². The first-order chi connectivity index (χ1) is 11.3. The third-order valence-corrected chi connectivity index (χ3v) is 4.44. The molecule has 2 aromatic heterocycles. The first-order valence-corrected chi connectivity index (χ1v) is 8.05. The number of anilines is 1. The molecule has 0 unspecified atom stereocenters. The highest BCUT2D eigenvalue weighted by molar-refractivity contribution is 5.90. The molecule has 0 aromatic carbocycles. The number of aromatic nitrogens is 4. The topological polar surface area (TPSA) is 97.9 Å². The van der Waals surface area contributed by atoms with E-state index in [1.807, 2.05) is 26.8 Å². The lowest BCUT2D eigenvalue weighted by atomic mass is 9.97. The quantitative estimate of drug-likeness (QED) is 0.923. The number of hydrogen-bond donors (Lipinski definition) is 1. The van der Waals surface area contributed by atoms with Crippen molar-refractivity contribution in [1.29, 1.82) is 0 Å². The zero-order valence-electron chi connectivity index (χ0n) is 14.5. The Morgan fingerprint density at radius 1 is 1.08 bits per heavy atom. The van der Waals surface area contributed by atoms with E-state index in [1.54, 1.807) is 6.07 Å². The van der Waals surface area contributed by atoms with Gasteiger partial charge in [-0.05, 0) is 52.7 Å². The van der Waals surface area contributed by atoms with Crippen LogP contribution < -0.4 is 10.6 Å². The fourth-order valence-electron chi connectivity index (χ4n) is 3.28.